The van der Waals surface area contributed by atoms with Crippen molar-refractivity contribution in [2.24, 2.45) is 5.41 Å². The summed E-state index contributed by atoms with van der Waals surface area (Å²) < 4.78 is 12.3. The number of aromatic nitrogens is 1. The largest absolute Gasteiger partial charge is 0.487 e. The second-order valence-corrected chi connectivity index (χ2v) is 12.0. The number of rotatable bonds is 4. The van der Waals surface area contributed by atoms with Crippen molar-refractivity contribution >= 4 is 22.8 Å². The molecule has 0 saturated carbocycles. The molecule has 0 aliphatic carbocycles. The Morgan fingerprint density at radius 3 is 2.66 bits per heavy atom. The Labute approximate surface area is 224 Å². The van der Waals surface area contributed by atoms with E-state index in [4.69, 9.17) is 9.47 Å². The van der Waals surface area contributed by atoms with Gasteiger partial charge >= 0.3 is 5.97 Å². The fourth-order valence-electron chi connectivity index (χ4n) is 6.70. The Morgan fingerprint density at radius 2 is 1.87 bits per heavy atom. The maximum absolute atomic E-state index is 13.3. The van der Waals surface area contributed by atoms with E-state index in [0.29, 0.717) is 25.2 Å². The predicted molar refractivity (Wildman–Crippen MR) is 146 cm³/mol. The highest BCUT2D eigenvalue weighted by Crippen LogP contribution is 2.44. The van der Waals surface area contributed by atoms with Crippen LogP contribution >= 0.6 is 0 Å². The van der Waals surface area contributed by atoms with E-state index in [-0.39, 0.29) is 29.0 Å². The van der Waals surface area contributed by atoms with Crippen LogP contribution in [0.3, 0.4) is 0 Å². The molecule has 7 nitrogen and oxygen atoms in total. The molecular formula is C31H37N3O4. The molecule has 200 valence electrons. The number of aromatic amines is 1. The van der Waals surface area contributed by atoms with Gasteiger partial charge in [0, 0.05) is 67.8 Å². The van der Waals surface area contributed by atoms with Gasteiger partial charge in [0.15, 0.2) is 0 Å². The Morgan fingerprint density at radius 1 is 1.08 bits per heavy atom. The highest BCUT2D eigenvalue weighted by atomic mass is 16.5. The molecule has 1 N–H and O–H groups in total. The van der Waals surface area contributed by atoms with Crippen LogP contribution in [0.25, 0.3) is 10.9 Å². The van der Waals surface area contributed by atoms with E-state index in [2.05, 4.69) is 41.9 Å². The van der Waals surface area contributed by atoms with E-state index in [1.807, 2.05) is 35.4 Å². The molecule has 1 atom stereocenters. The summed E-state index contributed by atoms with van der Waals surface area (Å²) >= 11 is 0. The van der Waals surface area contributed by atoms with Gasteiger partial charge in [0.1, 0.15) is 17.5 Å². The number of ether oxygens (including phenoxy) is 2. The number of likely N-dealkylation sites (tertiary alicyclic amines) is 2. The van der Waals surface area contributed by atoms with Gasteiger partial charge in [-0.3, -0.25) is 14.5 Å². The maximum Gasteiger partial charge on any atom is 0.302 e. The number of hydrogen-bond acceptors (Lipinski definition) is 5. The number of carbonyl (C=O) groups excluding carboxylic acids is 2. The highest BCUT2D eigenvalue weighted by molar-refractivity contribution is 5.98. The van der Waals surface area contributed by atoms with Crippen LogP contribution in [0.1, 0.15) is 61.5 Å². The molecule has 38 heavy (non-hydrogen) atoms. The van der Waals surface area contributed by atoms with Crippen LogP contribution in [-0.4, -0.2) is 64.5 Å². The average Bonchev–Trinajstić information content (AvgIpc) is 3.48. The number of carbonyl (C=O) groups is 2. The van der Waals surface area contributed by atoms with Gasteiger partial charge in [-0.25, -0.2) is 0 Å². The van der Waals surface area contributed by atoms with Gasteiger partial charge in [-0.05, 0) is 68.8 Å². The third-order valence-corrected chi connectivity index (χ3v) is 8.76. The molecule has 7 heteroatoms. The Bertz CT molecular complexity index is 1370. The van der Waals surface area contributed by atoms with Gasteiger partial charge in [-0.1, -0.05) is 24.3 Å². The summed E-state index contributed by atoms with van der Waals surface area (Å²) in [5, 5.41) is 1.10. The van der Waals surface area contributed by atoms with E-state index >= 15 is 0 Å². The monoisotopic (exact) mass is 515 g/mol. The smallest absolute Gasteiger partial charge is 0.302 e. The van der Waals surface area contributed by atoms with Crippen molar-refractivity contribution < 1.29 is 19.1 Å². The predicted octanol–water partition coefficient (Wildman–Crippen LogP) is 4.94. The molecular weight excluding hydrogens is 478 g/mol. The minimum atomic E-state index is -0.236. The van der Waals surface area contributed by atoms with Crippen molar-refractivity contribution in [3.05, 3.63) is 65.4 Å². The zero-order valence-corrected chi connectivity index (χ0v) is 22.6. The van der Waals surface area contributed by atoms with Gasteiger partial charge in [-0.15, -0.1) is 0 Å². The number of piperidine rings is 2. The van der Waals surface area contributed by atoms with Gasteiger partial charge in [0.05, 0.1) is 0 Å². The minimum Gasteiger partial charge on any atom is -0.487 e. The molecule has 2 aromatic carbocycles. The summed E-state index contributed by atoms with van der Waals surface area (Å²) in [6, 6.07) is 14.3. The Kier molecular flexibility index (Phi) is 6.22. The standard InChI is InChI=1S/C31H37N3O4/c1-21(35)37-27-20-33(19-25-6-4-5-24-18-30(2,3)38-28(24)25)14-10-31(27)11-15-34(16-12-31)29(36)23-8-7-22-9-13-32-26(22)17-23/h4-9,13,17,27,32H,10-12,14-16,18-20H2,1-3H3. The van der Waals surface area contributed by atoms with E-state index < -0.39 is 0 Å². The Hall–Kier alpha value is -3.32. The van der Waals surface area contributed by atoms with Crippen molar-refractivity contribution in [2.75, 3.05) is 26.2 Å². The minimum absolute atomic E-state index is 0.0682. The fraction of sp³-hybridized carbons (Fsp3) is 0.484. The second-order valence-electron chi connectivity index (χ2n) is 12.0. The van der Waals surface area contributed by atoms with E-state index in [9.17, 15) is 9.59 Å². The maximum atomic E-state index is 13.3. The lowest BCUT2D eigenvalue weighted by Crippen LogP contribution is -2.56. The van der Waals surface area contributed by atoms with Crippen LogP contribution < -0.4 is 4.74 Å². The molecule has 3 aliphatic rings. The van der Waals surface area contributed by atoms with Gasteiger partial charge in [-0.2, -0.15) is 0 Å². The van der Waals surface area contributed by atoms with Crippen molar-refractivity contribution in [2.45, 2.75) is 64.7 Å². The molecule has 3 aliphatic heterocycles. The molecule has 6 rings (SSSR count). The lowest BCUT2D eigenvalue weighted by atomic mass is 9.69. The first kappa shape index (κ1) is 25.0. The lowest BCUT2D eigenvalue weighted by Gasteiger charge is -2.51. The van der Waals surface area contributed by atoms with Gasteiger partial charge in [0.2, 0.25) is 0 Å². The van der Waals surface area contributed by atoms with Gasteiger partial charge in [0.25, 0.3) is 5.91 Å². The van der Waals surface area contributed by atoms with E-state index in [0.717, 1.165) is 55.4 Å². The summed E-state index contributed by atoms with van der Waals surface area (Å²) in [5.41, 5.74) is 3.88. The van der Waals surface area contributed by atoms with Gasteiger partial charge < -0.3 is 19.4 Å². The summed E-state index contributed by atoms with van der Waals surface area (Å²) in [6.45, 7) is 9.53. The number of para-hydroxylation sites is 1. The molecule has 1 unspecified atom stereocenters. The van der Waals surface area contributed by atoms with E-state index in [1.165, 1.54) is 18.1 Å². The summed E-state index contributed by atoms with van der Waals surface area (Å²) in [5.74, 6) is 0.851. The molecule has 1 spiro atoms. The summed E-state index contributed by atoms with van der Waals surface area (Å²) in [7, 11) is 0. The van der Waals surface area contributed by atoms with Crippen LogP contribution in [0.5, 0.6) is 5.75 Å². The molecule has 0 bridgehead atoms. The van der Waals surface area contributed by atoms with Crippen LogP contribution in [-0.2, 0) is 22.5 Å². The molecule has 3 aromatic rings. The number of nitrogens with one attached hydrogen (secondary N) is 1. The number of esters is 1. The molecule has 4 heterocycles. The van der Waals surface area contributed by atoms with E-state index in [1.54, 1.807) is 0 Å². The molecule has 2 saturated heterocycles. The summed E-state index contributed by atoms with van der Waals surface area (Å²) in [4.78, 5) is 33.0. The van der Waals surface area contributed by atoms with Crippen LogP contribution in [0.2, 0.25) is 0 Å². The van der Waals surface area contributed by atoms with Crippen LogP contribution in [0, 0.1) is 5.41 Å². The first-order valence-electron chi connectivity index (χ1n) is 13.8. The number of benzene rings is 2. The second kappa shape index (κ2) is 9.45. The fourth-order valence-corrected chi connectivity index (χ4v) is 6.70. The number of nitrogens with zero attached hydrogens (tertiary/aromatic N) is 2. The van der Waals surface area contributed by atoms with Crippen molar-refractivity contribution in [1.29, 1.82) is 0 Å². The highest BCUT2D eigenvalue weighted by Gasteiger charge is 2.47. The first-order chi connectivity index (χ1) is 18.2. The van der Waals surface area contributed by atoms with Crippen molar-refractivity contribution in [3.8, 4) is 5.75 Å². The Balaban J connectivity index is 1.14. The zero-order valence-electron chi connectivity index (χ0n) is 22.6. The third-order valence-electron chi connectivity index (χ3n) is 8.76. The number of hydrogen-bond donors (Lipinski definition) is 1. The average molecular weight is 516 g/mol. The SMILES string of the molecule is CC(=O)OC1CN(Cc2cccc3c2OC(C)(C)C3)CCC12CCN(C(=O)c1ccc3cc[nH]c3c1)CC2. The first-order valence-corrected chi connectivity index (χ1v) is 13.8. The van der Waals surface area contributed by atoms with Crippen molar-refractivity contribution in [1.82, 2.24) is 14.8 Å². The third kappa shape index (κ3) is 4.68. The lowest BCUT2D eigenvalue weighted by molar-refractivity contribution is -0.164. The molecule has 1 aromatic heterocycles. The topological polar surface area (TPSA) is 74.9 Å². The number of fused-ring (bicyclic) bond motifs is 2. The molecule has 0 radical (unpaired) electrons. The quantitative estimate of drug-likeness (QED) is 0.498. The molecule has 2 fully saturated rings. The summed E-state index contributed by atoms with van der Waals surface area (Å²) in [6.07, 6.45) is 5.26. The molecule has 1 amide bonds. The number of H-pyrrole nitrogens is 1. The number of amides is 1. The van der Waals surface area contributed by atoms with Crippen molar-refractivity contribution in [3.63, 3.8) is 0 Å². The van der Waals surface area contributed by atoms with Crippen LogP contribution in [0.15, 0.2) is 48.7 Å². The van der Waals surface area contributed by atoms with Crippen LogP contribution in [0.4, 0.5) is 0 Å². The normalized spacial score (nSPS) is 22.3. The zero-order chi connectivity index (χ0) is 26.5.